The summed E-state index contributed by atoms with van der Waals surface area (Å²) < 4.78 is 0. The Kier molecular flexibility index (Phi) is 3.34. The number of oxime groups is 1. The largest absolute Gasteiger partial charge is 0.409 e. The summed E-state index contributed by atoms with van der Waals surface area (Å²) in [5.41, 5.74) is 5.43. The number of amidine groups is 1. The summed E-state index contributed by atoms with van der Waals surface area (Å²) in [7, 11) is 0. The van der Waals surface area contributed by atoms with Gasteiger partial charge in [0.1, 0.15) is 0 Å². The Morgan fingerprint density at radius 1 is 1.58 bits per heavy atom. The molecular formula is C8H17N3O. The number of nitrogens with two attached hydrogens (primary N) is 1. The molecule has 1 aliphatic rings. The summed E-state index contributed by atoms with van der Waals surface area (Å²) in [5, 5.41) is 14.7. The van der Waals surface area contributed by atoms with Gasteiger partial charge in [-0.05, 0) is 19.8 Å². The molecule has 1 atom stereocenters. The van der Waals surface area contributed by atoms with Gasteiger partial charge in [-0.2, -0.15) is 0 Å². The predicted octanol–water partition coefficient (Wildman–Crippen LogP) is 0.654. The van der Waals surface area contributed by atoms with Crippen LogP contribution in [0.15, 0.2) is 5.16 Å². The fourth-order valence-corrected chi connectivity index (χ4v) is 1.62. The highest BCUT2D eigenvalue weighted by atomic mass is 16.4. The van der Waals surface area contributed by atoms with Crippen molar-refractivity contribution in [3.63, 3.8) is 0 Å². The van der Waals surface area contributed by atoms with Crippen molar-refractivity contribution in [3.05, 3.63) is 0 Å². The zero-order valence-corrected chi connectivity index (χ0v) is 7.45. The Balaban J connectivity index is 2.29. The molecule has 1 fully saturated rings. The van der Waals surface area contributed by atoms with Gasteiger partial charge >= 0.3 is 0 Å². The van der Waals surface area contributed by atoms with Gasteiger partial charge in [0.15, 0.2) is 5.84 Å². The third-order valence-electron chi connectivity index (χ3n) is 2.40. The quantitative estimate of drug-likeness (QED) is 0.253. The molecule has 1 unspecified atom stereocenters. The maximum atomic E-state index is 8.40. The number of nitrogens with zero attached hydrogens (tertiary/aromatic N) is 1. The molecule has 12 heavy (non-hydrogen) atoms. The van der Waals surface area contributed by atoms with Crippen LogP contribution < -0.4 is 11.1 Å². The van der Waals surface area contributed by atoms with Crippen molar-refractivity contribution in [2.45, 2.75) is 44.7 Å². The van der Waals surface area contributed by atoms with Gasteiger partial charge in [0.25, 0.3) is 0 Å². The third-order valence-corrected chi connectivity index (χ3v) is 2.40. The van der Waals surface area contributed by atoms with E-state index in [1.54, 1.807) is 0 Å². The first-order valence-corrected chi connectivity index (χ1v) is 4.47. The van der Waals surface area contributed by atoms with Crippen LogP contribution in [0.5, 0.6) is 0 Å². The fraction of sp³-hybridized carbons (Fsp3) is 0.875. The molecule has 0 spiro atoms. The van der Waals surface area contributed by atoms with Crippen molar-refractivity contribution >= 4 is 5.84 Å². The summed E-state index contributed by atoms with van der Waals surface area (Å²) in [4.78, 5) is 0. The zero-order chi connectivity index (χ0) is 8.97. The van der Waals surface area contributed by atoms with E-state index in [9.17, 15) is 0 Å². The Morgan fingerprint density at radius 3 is 2.67 bits per heavy atom. The Hall–Kier alpha value is -0.770. The number of nitrogens with one attached hydrogen (secondary N) is 1. The molecule has 4 N–H and O–H groups in total. The average molecular weight is 171 g/mol. The second-order valence-electron chi connectivity index (χ2n) is 3.39. The topological polar surface area (TPSA) is 70.6 Å². The van der Waals surface area contributed by atoms with Crippen molar-refractivity contribution < 1.29 is 5.21 Å². The molecule has 0 radical (unpaired) electrons. The summed E-state index contributed by atoms with van der Waals surface area (Å²) >= 11 is 0. The van der Waals surface area contributed by atoms with Gasteiger partial charge in [0, 0.05) is 6.04 Å². The second-order valence-corrected chi connectivity index (χ2v) is 3.39. The molecule has 0 amide bonds. The Bertz CT molecular complexity index is 164. The molecule has 1 saturated carbocycles. The van der Waals surface area contributed by atoms with Crippen molar-refractivity contribution in [1.82, 2.24) is 5.32 Å². The van der Waals surface area contributed by atoms with Crippen molar-refractivity contribution in [1.29, 1.82) is 0 Å². The fourth-order valence-electron chi connectivity index (χ4n) is 1.62. The van der Waals surface area contributed by atoms with Gasteiger partial charge in [0.2, 0.25) is 0 Å². The van der Waals surface area contributed by atoms with Crippen molar-refractivity contribution in [2.75, 3.05) is 0 Å². The third kappa shape index (κ3) is 2.37. The van der Waals surface area contributed by atoms with E-state index < -0.39 is 0 Å². The summed E-state index contributed by atoms with van der Waals surface area (Å²) in [6.07, 6.45) is 5.01. The summed E-state index contributed by atoms with van der Waals surface area (Å²) in [5.74, 6) is 0.266. The first-order chi connectivity index (χ1) is 5.74. The highest BCUT2D eigenvalue weighted by molar-refractivity contribution is 5.84. The lowest BCUT2D eigenvalue weighted by atomic mass is 10.2. The van der Waals surface area contributed by atoms with E-state index in [1.807, 2.05) is 6.92 Å². The normalized spacial score (nSPS) is 22.9. The maximum absolute atomic E-state index is 8.40. The molecule has 0 aromatic carbocycles. The van der Waals surface area contributed by atoms with Crippen molar-refractivity contribution in [3.8, 4) is 0 Å². The number of hydrogen-bond donors (Lipinski definition) is 3. The van der Waals surface area contributed by atoms with Gasteiger partial charge in [-0.15, -0.1) is 0 Å². The van der Waals surface area contributed by atoms with Crippen molar-refractivity contribution in [2.24, 2.45) is 10.9 Å². The van der Waals surface area contributed by atoms with E-state index in [0.29, 0.717) is 6.04 Å². The molecule has 4 nitrogen and oxygen atoms in total. The van der Waals surface area contributed by atoms with Crippen LogP contribution in [-0.2, 0) is 0 Å². The molecular weight excluding hydrogens is 154 g/mol. The molecule has 0 aromatic rings. The Morgan fingerprint density at radius 2 is 2.17 bits per heavy atom. The van der Waals surface area contributed by atoms with E-state index in [-0.39, 0.29) is 11.9 Å². The molecule has 0 saturated heterocycles. The lowest BCUT2D eigenvalue weighted by molar-refractivity contribution is 0.314. The number of rotatable bonds is 3. The number of hydrogen-bond acceptors (Lipinski definition) is 3. The highest BCUT2D eigenvalue weighted by Crippen LogP contribution is 2.17. The molecule has 1 rings (SSSR count). The first-order valence-electron chi connectivity index (χ1n) is 4.47. The monoisotopic (exact) mass is 171 g/mol. The van der Waals surface area contributed by atoms with Crippen LogP contribution in [0.25, 0.3) is 0 Å². The summed E-state index contributed by atoms with van der Waals surface area (Å²) in [6, 6.07) is 0.540. The van der Waals surface area contributed by atoms with Crippen LogP contribution >= 0.6 is 0 Å². The van der Waals surface area contributed by atoms with Gasteiger partial charge in [-0.1, -0.05) is 18.0 Å². The molecule has 0 heterocycles. The average Bonchev–Trinajstić information content (AvgIpc) is 2.55. The lowest BCUT2D eigenvalue weighted by Gasteiger charge is -2.17. The smallest absolute Gasteiger partial charge is 0.156 e. The van der Waals surface area contributed by atoms with Crippen LogP contribution in [0.1, 0.15) is 32.6 Å². The molecule has 0 aromatic heterocycles. The first kappa shape index (κ1) is 9.32. The van der Waals surface area contributed by atoms with Gasteiger partial charge in [-0.3, -0.25) is 0 Å². The predicted molar refractivity (Wildman–Crippen MR) is 48.3 cm³/mol. The standard InChI is InChI=1S/C8H17N3O/c1-6(8(9)11-12)10-7-4-2-3-5-7/h6-7,10,12H,2-5H2,1H3,(H2,9,11). The minimum absolute atomic E-state index is 0.0156. The van der Waals surface area contributed by atoms with E-state index >= 15 is 0 Å². The highest BCUT2D eigenvalue weighted by Gasteiger charge is 2.18. The SMILES string of the molecule is CC(NC1CCCC1)C(N)=NO. The molecule has 4 heteroatoms. The van der Waals surface area contributed by atoms with Gasteiger partial charge in [-0.25, -0.2) is 0 Å². The molecule has 0 aliphatic heterocycles. The van der Waals surface area contributed by atoms with Crippen LogP contribution in [0, 0.1) is 0 Å². The maximum Gasteiger partial charge on any atom is 0.156 e. The van der Waals surface area contributed by atoms with Crippen LogP contribution in [-0.4, -0.2) is 23.1 Å². The van der Waals surface area contributed by atoms with Gasteiger partial charge < -0.3 is 16.3 Å². The van der Waals surface area contributed by atoms with E-state index in [2.05, 4.69) is 10.5 Å². The lowest BCUT2D eigenvalue weighted by Crippen LogP contribution is -2.43. The molecule has 1 aliphatic carbocycles. The van der Waals surface area contributed by atoms with Gasteiger partial charge in [0.05, 0.1) is 6.04 Å². The second kappa shape index (κ2) is 4.30. The minimum atomic E-state index is -0.0156. The van der Waals surface area contributed by atoms with E-state index in [0.717, 1.165) is 0 Å². The van der Waals surface area contributed by atoms with Crippen LogP contribution in [0.4, 0.5) is 0 Å². The molecule has 70 valence electrons. The van der Waals surface area contributed by atoms with E-state index in [1.165, 1.54) is 25.7 Å². The summed E-state index contributed by atoms with van der Waals surface area (Å²) in [6.45, 7) is 1.91. The minimum Gasteiger partial charge on any atom is -0.409 e. The van der Waals surface area contributed by atoms with Crippen LogP contribution in [0.3, 0.4) is 0 Å². The van der Waals surface area contributed by atoms with Crippen LogP contribution in [0.2, 0.25) is 0 Å². The Labute approximate surface area is 72.8 Å². The zero-order valence-electron chi connectivity index (χ0n) is 7.45. The van der Waals surface area contributed by atoms with E-state index in [4.69, 9.17) is 10.9 Å². The molecule has 0 bridgehead atoms.